The highest BCUT2D eigenvalue weighted by Crippen LogP contribution is 2.32. The topological polar surface area (TPSA) is 20.2 Å². The standard InChI is InChI=1S/C13H20OS/c1-10-7-12(9-15-10)13(14)8-11-5-3-2-4-6-11/h7,9,11,13-14H,2-6,8H2,1H3. The van der Waals surface area contributed by atoms with E-state index in [0.717, 1.165) is 17.9 Å². The summed E-state index contributed by atoms with van der Waals surface area (Å²) in [5.41, 5.74) is 1.13. The Hall–Kier alpha value is -0.340. The predicted octanol–water partition coefficient (Wildman–Crippen LogP) is 4.06. The molecule has 15 heavy (non-hydrogen) atoms. The average molecular weight is 224 g/mol. The molecule has 0 radical (unpaired) electrons. The minimum atomic E-state index is -0.224. The summed E-state index contributed by atoms with van der Waals surface area (Å²) >= 11 is 1.73. The van der Waals surface area contributed by atoms with Crippen LogP contribution in [0.1, 0.15) is 55.1 Å². The number of hydrogen-bond donors (Lipinski definition) is 1. The van der Waals surface area contributed by atoms with Gasteiger partial charge in [0.15, 0.2) is 0 Å². The normalized spacial score (nSPS) is 20.4. The summed E-state index contributed by atoms with van der Waals surface area (Å²) in [6.07, 6.45) is 7.50. The lowest BCUT2D eigenvalue weighted by Crippen LogP contribution is -2.10. The van der Waals surface area contributed by atoms with Crippen LogP contribution in [-0.2, 0) is 0 Å². The van der Waals surface area contributed by atoms with Gasteiger partial charge < -0.3 is 5.11 Å². The molecule has 0 bridgehead atoms. The second-order valence-corrected chi connectivity index (χ2v) is 5.86. The summed E-state index contributed by atoms with van der Waals surface area (Å²) in [6.45, 7) is 2.10. The van der Waals surface area contributed by atoms with Gasteiger partial charge >= 0.3 is 0 Å². The van der Waals surface area contributed by atoms with Gasteiger partial charge in [-0.15, -0.1) is 11.3 Å². The minimum Gasteiger partial charge on any atom is -0.388 e. The van der Waals surface area contributed by atoms with Gasteiger partial charge in [-0.3, -0.25) is 0 Å². The van der Waals surface area contributed by atoms with Crippen LogP contribution in [0.5, 0.6) is 0 Å². The van der Waals surface area contributed by atoms with Crippen molar-refractivity contribution in [3.63, 3.8) is 0 Å². The highest BCUT2D eigenvalue weighted by atomic mass is 32.1. The highest BCUT2D eigenvalue weighted by Gasteiger charge is 2.18. The molecule has 1 aromatic heterocycles. The van der Waals surface area contributed by atoms with E-state index in [-0.39, 0.29) is 6.10 Å². The van der Waals surface area contributed by atoms with Gasteiger partial charge in [-0.05, 0) is 36.3 Å². The van der Waals surface area contributed by atoms with Crippen molar-refractivity contribution in [3.05, 3.63) is 21.9 Å². The van der Waals surface area contributed by atoms with E-state index < -0.39 is 0 Å². The third-order valence-corrected chi connectivity index (χ3v) is 4.30. The molecule has 1 saturated carbocycles. The lowest BCUT2D eigenvalue weighted by molar-refractivity contribution is 0.132. The van der Waals surface area contributed by atoms with Crippen LogP contribution in [0.15, 0.2) is 11.4 Å². The van der Waals surface area contributed by atoms with E-state index in [0.29, 0.717) is 0 Å². The maximum atomic E-state index is 10.1. The van der Waals surface area contributed by atoms with E-state index in [1.807, 2.05) is 0 Å². The third-order valence-electron chi connectivity index (χ3n) is 3.42. The monoisotopic (exact) mass is 224 g/mol. The number of hydrogen-bond acceptors (Lipinski definition) is 2. The lowest BCUT2D eigenvalue weighted by Gasteiger charge is -2.23. The molecule has 1 aromatic rings. The van der Waals surface area contributed by atoms with Crippen LogP contribution < -0.4 is 0 Å². The van der Waals surface area contributed by atoms with Crippen molar-refractivity contribution >= 4 is 11.3 Å². The second-order valence-electron chi connectivity index (χ2n) is 4.75. The molecule has 0 aliphatic heterocycles. The fourth-order valence-electron chi connectivity index (χ4n) is 2.51. The summed E-state index contributed by atoms with van der Waals surface area (Å²) in [5.74, 6) is 0.758. The molecular weight excluding hydrogens is 204 g/mol. The molecule has 1 atom stereocenters. The molecule has 1 nitrogen and oxygen atoms in total. The summed E-state index contributed by atoms with van der Waals surface area (Å²) in [7, 11) is 0. The smallest absolute Gasteiger partial charge is 0.0800 e. The van der Waals surface area contributed by atoms with Crippen LogP contribution in [-0.4, -0.2) is 5.11 Å². The van der Waals surface area contributed by atoms with E-state index in [4.69, 9.17) is 0 Å². The molecule has 1 fully saturated rings. The van der Waals surface area contributed by atoms with E-state index in [2.05, 4.69) is 18.4 Å². The molecule has 84 valence electrons. The number of aliphatic hydroxyl groups is 1. The van der Waals surface area contributed by atoms with Crippen LogP contribution in [0.2, 0.25) is 0 Å². The molecule has 2 heteroatoms. The van der Waals surface area contributed by atoms with E-state index in [1.54, 1.807) is 11.3 Å². The number of rotatable bonds is 3. The van der Waals surface area contributed by atoms with Crippen LogP contribution in [0.25, 0.3) is 0 Å². The minimum absolute atomic E-state index is 0.224. The van der Waals surface area contributed by atoms with Crippen LogP contribution >= 0.6 is 11.3 Å². The first kappa shape index (κ1) is 11.2. The first-order valence-electron chi connectivity index (χ1n) is 5.99. The predicted molar refractivity (Wildman–Crippen MR) is 65.2 cm³/mol. The van der Waals surface area contributed by atoms with E-state index in [1.165, 1.54) is 37.0 Å². The van der Waals surface area contributed by atoms with Gasteiger partial charge in [0.1, 0.15) is 0 Å². The van der Waals surface area contributed by atoms with Crippen molar-refractivity contribution in [2.45, 2.75) is 51.6 Å². The molecule has 1 N–H and O–H groups in total. The lowest BCUT2D eigenvalue weighted by atomic mass is 9.84. The van der Waals surface area contributed by atoms with Gasteiger partial charge in [-0.1, -0.05) is 32.1 Å². The van der Waals surface area contributed by atoms with Gasteiger partial charge in [0.2, 0.25) is 0 Å². The quantitative estimate of drug-likeness (QED) is 0.821. The maximum absolute atomic E-state index is 10.1. The molecule has 0 aromatic carbocycles. The van der Waals surface area contributed by atoms with Crippen molar-refractivity contribution in [1.29, 1.82) is 0 Å². The molecule has 1 aliphatic rings. The largest absolute Gasteiger partial charge is 0.388 e. The number of aliphatic hydroxyl groups excluding tert-OH is 1. The molecule has 1 aliphatic carbocycles. The zero-order valence-electron chi connectivity index (χ0n) is 9.41. The van der Waals surface area contributed by atoms with Crippen LogP contribution in [0.4, 0.5) is 0 Å². The summed E-state index contributed by atoms with van der Waals surface area (Å²) in [6, 6.07) is 2.12. The van der Waals surface area contributed by atoms with Gasteiger partial charge in [0.05, 0.1) is 6.10 Å². The second kappa shape index (κ2) is 5.13. The fourth-order valence-corrected chi connectivity index (χ4v) is 3.26. The van der Waals surface area contributed by atoms with Crippen molar-refractivity contribution in [3.8, 4) is 0 Å². The Morgan fingerprint density at radius 1 is 1.40 bits per heavy atom. The zero-order valence-corrected chi connectivity index (χ0v) is 10.2. The third kappa shape index (κ3) is 3.05. The first-order chi connectivity index (χ1) is 7.25. The Morgan fingerprint density at radius 2 is 2.13 bits per heavy atom. The summed E-state index contributed by atoms with van der Waals surface area (Å²) in [5, 5.41) is 12.2. The van der Waals surface area contributed by atoms with Gasteiger partial charge in [0, 0.05) is 4.88 Å². The van der Waals surface area contributed by atoms with Crippen LogP contribution in [0, 0.1) is 12.8 Å². The van der Waals surface area contributed by atoms with Crippen molar-refractivity contribution in [1.82, 2.24) is 0 Å². The Bertz CT molecular complexity index is 299. The Morgan fingerprint density at radius 3 is 2.73 bits per heavy atom. The first-order valence-corrected chi connectivity index (χ1v) is 6.87. The molecule has 0 amide bonds. The Kier molecular flexibility index (Phi) is 3.81. The highest BCUT2D eigenvalue weighted by molar-refractivity contribution is 7.10. The molecule has 0 spiro atoms. The zero-order chi connectivity index (χ0) is 10.7. The molecule has 2 rings (SSSR count). The van der Waals surface area contributed by atoms with Crippen molar-refractivity contribution in [2.24, 2.45) is 5.92 Å². The SMILES string of the molecule is Cc1cc(C(O)CC2CCCCC2)cs1. The molecule has 1 unspecified atom stereocenters. The van der Waals surface area contributed by atoms with Crippen molar-refractivity contribution in [2.75, 3.05) is 0 Å². The van der Waals surface area contributed by atoms with Gasteiger partial charge in [0.25, 0.3) is 0 Å². The maximum Gasteiger partial charge on any atom is 0.0800 e. The van der Waals surface area contributed by atoms with E-state index in [9.17, 15) is 5.11 Å². The molecule has 1 heterocycles. The van der Waals surface area contributed by atoms with E-state index >= 15 is 0 Å². The molecule has 0 saturated heterocycles. The fraction of sp³-hybridized carbons (Fsp3) is 0.692. The van der Waals surface area contributed by atoms with Crippen LogP contribution in [0.3, 0.4) is 0 Å². The van der Waals surface area contributed by atoms with Gasteiger partial charge in [-0.25, -0.2) is 0 Å². The molecular formula is C13H20OS. The van der Waals surface area contributed by atoms with Crippen molar-refractivity contribution < 1.29 is 5.11 Å². The Balaban J connectivity index is 1.88. The summed E-state index contributed by atoms with van der Waals surface area (Å²) < 4.78 is 0. The average Bonchev–Trinajstić information content (AvgIpc) is 2.66. The Labute approximate surface area is 96.1 Å². The summed E-state index contributed by atoms with van der Waals surface area (Å²) in [4.78, 5) is 1.30. The number of thiophene rings is 1. The van der Waals surface area contributed by atoms with Gasteiger partial charge in [-0.2, -0.15) is 0 Å². The number of aryl methyl sites for hydroxylation is 1.